The second-order valence-corrected chi connectivity index (χ2v) is 9.04. The van der Waals surface area contributed by atoms with Crippen molar-refractivity contribution >= 4 is 23.4 Å². The van der Waals surface area contributed by atoms with Gasteiger partial charge < -0.3 is 19.3 Å². The quantitative estimate of drug-likeness (QED) is 0.630. The van der Waals surface area contributed by atoms with E-state index in [9.17, 15) is 14.0 Å². The molecule has 33 heavy (non-hydrogen) atoms. The molecule has 0 unspecified atom stereocenters. The minimum atomic E-state index is -1.05. The Balaban J connectivity index is 1.54. The molecule has 1 atom stereocenters. The van der Waals surface area contributed by atoms with Crippen LogP contribution in [0.3, 0.4) is 0 Å². The van der Waals surface area contributed by atoms with Crippen molar-refractivity contribution in [3.05, 3.63) is 64.9 Å². The van der Waals surface area contributed by atoms with E-state index in [0.717, 1.165) is 32.4 Å². The van der Waals surface area contributed by atoms with Gasteiger partial charge >= 0.3 is 0 Å². The van der Waals surface area contributed by atoms with Crippen molar-refractivity contribution in [3.8, 4) is 5.75 Å². The van der Waals surface area contributed by atoms with Crippen LogP contribution < -0.4 is 4.74 Å². The van der Waals surface area contributed by atoms with E-state index in [1.165, 1.54) is 12.1 Å². The maximum Gasteiger partial charge on any atom is 0.257 e. The molecule has 2 heterocycles. The molecular formula is C25H28ClFN2O4. The summed E-state index contributed by atoms with van der Waals surface area (Å²) in [7, 11) is 0. The zero-order valence-corrected chi connectivity index (χ0v) is 19.2. The van der Waals surface area contributed by atoms with Crippen molar-refractivity contribution in [1.29, 1.82) is 0 Å². The number of carbonyl (C=O) groups is 2. The highest BCUT2D eigenvalue weighted by Gasteiger charge is 2.42. The van der Waals surface area contributed by atoms with Crippen LogP contribution in [-0.2, 0) is 9.53 Å². The van der Waals surface area contributed by atoms with Gasteiger partial charge in [-0.1, -0.05) is 29.8 Å². The summed E-state index contributed by atoms with van der Waals surface area (Å²) in [5.41, 5.74) is -1.04. The van der Waals surface area contributed by atoms with E-state index in [2.05, 4.69) is 0 Å². The SMILES string of the molecule is O=C(C[C@@]1(COc2cccc(Cl)c2)CN(C(=O)c2ccccc2F)CCO1)N1CCCCC1. The van der Waals surface area contributed by atoms with E-state index >= 15 is 0 Å². The Bertz CT molecular complexity index is 998. The summed E-state index contributed by atoms with van der Waals surface area (Å²) in [4.78, 5) is 29.6. The van der Waals surface area contributed by atoms with Crippen LogP contribution in [-0.4, -0.2) is 66.6 Å². The third-order valence-electron chi connectivity index (χ3n) is 6.12. The largest absolute Gasteiger partial charge is 0.490 e. The average Bonchev–Trinajstić information content (AvgIpc) is 2.83. The third-order valence-corrected chi connectivity index (χ3v) is 6.36. The smallest absolute Gasteiger partial charge is 0.257 e. The molecule has 0 saturated carbocycles. The number of hydrogen-bond acceptors (Lipinski definition) is 4. The molecule has 0 spiro atoms. The number of halogens is 2. The lowest BCUT2D eigenvalue weighted by Crippen LogP contribution is -2.58. The number of nitrogens with zero attached hydrogens (tertiary/aromatic N) is 2. The number of amides is 2. The number of benzene rings is 2. The Labute approximate surface area is 198 Å². The maximum atomic E-state index is 14.3. The highest BCUT2D eigenvalue weighted by atomic mass is 35.5. The van der Waals surface area contributed by atoms with Crippen LogP contribution in [0.5, 0.6) is 5.75 Å². The number of hydrogen-bond donors (Lipinski definition) is 0. The van der Waals surface area contributed by atoms with Gasteiger partial charge in [0.2, 0.25) is 5.91 Å². The lowest BCUT2D eigenvalue weighted by atomic mass is 9.95. The zero-order chi connectivity index (χ0) is 23.3. The highest BCUT2D eigenvalue weighted by molar-refractivity contribution is 6.30. The summed E-state index contributed by atoms with van der Waals surface area (Å²) in [6.45, 7) is 2.18. The number of likely N-dealkylation sites (tertiary alicyclic amines) is 1. The van der Waals surface area contributed by atoms with Gasteiger partial charge in [-0.2, -0.15) is 0 Å². The van der Waals surface area contributed by atoms with E-state index in [0.29, 0.717) is 17.3 Å². The molecule has 4 rings (SSSR count). The first-order valence-electron chi connectivity index (χ1n) is 11.3. The normalized spacial score (nSPS) is 21.0. The Morgan fingerprint density at radius 3 is 2.58 bits per heavy atom. The van der Waals surface area contributed by atoms with E-state index in [4.69, 9.17) is 21.1 Å². The minimum absolute atomic E-state index is 0.00594. The zero-order valence-electron chi connectivity index (χ0n) is 18.5. The van der Waals surface area contributed by atoms with Crippen LogP contribution in [0.2, 0.25) is 5.02 Å². The molecule has 2 fully saturated rings. The van der Waals surface area contributed by atoms with Gasteiger partial charge in [0.05, 0.1) is 25.1 Å². The Kier molecular flexibility index (Phi) is 7.50. The summed E-state index contributed by atoms with van der Waals surface area (Å²) in [6, 6.07) is 12.9. The lowest BCUT2D eigenvalue weighted by molar-refractivity contribution is -0.153. The summed E-state index contributed by atoms with van der Waals surface area (Å²) in [5.74, 6) is -0.467. The van der Waals surface area contributed by atoms with Gasteiger partial charge in [0, 0.05) is 24.7 Å². The average molecular weight is 475 g/mol. The van der Waals surface area contributed by atoms with Crippen molar-refractivity contribution in [2.75, 3.05) is 39.4 Å². The topological polar surface area (TPSA) is 59.1 Å². The van der Waals surface area contributed by atoms with E-state index < -0.39 is 17.3 Å². The first kappa shape index (κ1) is 23.5. The van der Waals surface area contributed by atoms with Gasteiger partial charge in [-0.25, -0.2) is 4.39 Å². The second-order valence-electron chi connectivity index (χ2n) is 8.60. The Hall–Kier alpha value is -2.64. The number of ether oxygens (including phenoxy) is 2. The van der Waals surface area contributed by atoms with Crippen LogP contribution in [0.15, 0.2) is 48.5 Å². The summed E-state index contributed by atoms with van der Waals surface area (Å²) in [5, 5.41) is 0.534. The fourth-order valence-electron chi connectivity index (χ4n) is 4.37. The van der Waals surface area contributed by atoms with Crippen molar-refractivity contribution in [1.82, 2.24) is 9.80 Å². The van der Waals surface area contributed by atoms with E-state index in [1.807, 2.05) is 4.90 Å². The van der Waals surface area contributed by atoms with Crippen LogP contribution >= 0.6 is 11.6 Å². The van der Waals surface area contributed by atoms with Crippen LogP contribution in [0, 0.1) is 5.82 Å². The molecule has 2 aliphatic heterocycles. The summed E-state index contributed by atoms with van der Waals surface area (Å²) in [6.07, 6.45) is 3.16. The molecular weight excluding hydrogens is 447 g/mol. The molecule has 176 valence electrons. The molecule has 8 heteroatoms. The van der Waals surface area contributed by atoms with Gasteiger partial charge in [-0.3, -0.25) is 9.59 Å². The van der Waals surface area contributed by atoms with Gasteiger partial charge in [0.25, 0.3) is 5.91 Å². The van der Waals surface area contributed by atoms with Crippen LogP contribution in [0.1, 0.15) is 36.0 Å². The third kappa shape index (κ3) is 5.84. The van der Waals surface area contributed by atoms with Crippen molar-refractivity contribution < 1.29 is 23.5 Å². The van der Waals surface area contributed by atoms with Gasteiger partial charge in [0.15, 0.2) is 0 Å². The van der Waals surface area contributed by atoms with Crippen molar-refractivity contribution in [3.63, 3.8) is 0 Å². The molecule has 2 aromatic rings. The fourth-order valence-corrected chi connectivity index (χ4v) is 4.55. The van der Waals surface area contributed by atoms with Gasteiger partial charge in [0.1, 0.15) is 23.8 Å². The first-order chi connectivity index (χ1) is 16.0. The van der Waals surface area contributed by atoms with E-state index in [-0.39, 0.29) is 37.6 Å². The molecule has 0 aromatic heterocycles. The number of piperidine rings is 1. The second kappa shape index (κ2) is 10.5. The Morgan fingerprint density at radius 2 is 1.82 bits per heavy atom. The van der Waals surface area contributed by atoms with Crippen molar-refractivity contribution in [2.24, 2.45) is 0 Å². The molecule has 6 nitrogen and oxygen atoms in total. The molecule has 2 aromatic carbocycles. The van der Waals surface area contributed by atoms with Gasteiger partial charge in [-0.05, 0) is 49.6 Å². The standard InChI is InChI=1S/C25H28ClFN2O4/c26-19-7-6-8-20(15-19)32-18-25(16-23(30)28-11-4-1-5-12-28)17-29(13-14-33-25)24(31)21-9-2-3-10-22(21)27/h2-3,6-10,15H,1,4-5,11-14,16-18H2/t25-/m0/s1. The molecule has 0 radical (unpaired) electrons. The predicted octanol–water partition coefficient (Wildman–Crippen LogP) is 4.17. The van der Waals surface area contributed by atoms with E-state index in [1.54, 1.807) is 41.3 Å². The lowest BCUT2D eigenvalue weighted by Gasteiger charge is -2.43. The Morgan fingerprint density at radius 1 is 1.03 bits per heavy atom. The molecule has 0 bridgehead atoms. The first-order valence-corrected chi connectivity index (χ1v) is 11.7. The van der Waals surface area contributed by atoms with Crippen LogP contribution in [0.25, 0.3) is 0 Å². The maximum absolute atomic E-state index is 14.3. The number of rotatable bonds is 6. The highest BCUT2D eigenvalue weighted by Crippen LogP contribution is 2.28. The molecule has 2 amide bonds. The predicted molar refractivity (Wildman–Crippen MR) is 123 cm³/mol. The fraction of sp³-hybridized carbons (Fsp3) is 0.440. The summed E-state index contributed by atoms with van der Waals surface area (Å²) >= 11 is 6.07. The molecule has 0 N–H and O–H groups in total. The van der Waals surface area contributed by atoms with Gasteiger partial charge in [-0.15, -0.1) is 0 Å². The molecule has 0 aliphatic carbocycles. The number of morpholine rings is 1. The summed E-state index contributed by atoms with van der Waals surface area (Å²) < 4.78 is 26.4. The molecule has 2 aliphatic rings. The van der Waals surface area contributed by atoms with Crippen molar-refractivity contribution in [2.45, 2.75) is 31.3 Å². The minimum Gasteiger partial charge on any atom is -0.490 e. The number of carbonyl (C=O) groups excluding carboxylic acids is 2. The monoisotopic (exact) mass is 474 g/mol. The van der Waals surface area contributed by atoms with Crippen LogP contribution in [0.4, 0.5) is 4.39 Å². The molecule has 2 saturated heterocycles.